The molecule has 1 aromatic heterocycles. The Morgan fingerprint density at radius 3 is 2.69 bits per heavy atom. The molecule has 0 radical (unpaired) electrons. The lowest BCUT2D eigenvalue weighted by Gasteiger charge is -2.14. The van der Waals surface area contributed by atoms with E-state index in [1.165, 1.54) is 25.0 Å². The molecule has 0 aromatic carbocycles. The zero-order valence-electron chi connectivity index (χ0n) is 8.95. The molecule has 1 aromatic rings. The molecule has 0 bridgehead atoms. The van der Waals surface area contributed by atoms with Gasteiger partial charge >= 0.3 is 6.18 Å². The molecule has 1 rings (SSSR count). The summed E-state index contributed by atoms with van der Waals surface area (Å²) in [6, 6.07) is 0. The first kappa shape index (κ1) is 12.8. The molecule has 1 heterocycles. The summed E-state index contributed by atoms with van der Waals surface area (Å²) in [6.45, 7) is 0. The number of hydrogen-bond acceptors (Lipinski definition) is 3. The van der Waals surface area contributed by atoms with E-state index in [0.29, 0.717) is 0 Å². The van der Waals surface area contributed by atoms with Crippen molar-refractivity contribution in [3.63, 3.8) is 0 Å². The number of aryl methyl sites for hydroxylation is 1. The van der Waals surface area contributed by atoms with E-state index in [0.717, 1.165) is 0 Å². The second-order valence-corrected chi connectivity index (χ2v) is 3.39. The Morgan fingerprint density at radius 1 is 1.56 bits per heavy atom. The minimum Gasteiger partial charge on any atom is -0.493 e. The first-order chi connectivity index (χ1) is 7.35. The van der Waals surface area contributed by atoms with Crippen LogP contribution in [0.4, 0.5) is 13.2 Å². The van der Waals surface area contributed by atoms with Crippen molar-refractivity contribution in [2.24, 2.45) is 7.05 Å². The molecule has 0 saturated heterocycles. The predicted molar refractivity (Wildman–Crippen MR) is 50.0 cm³/mol. The van der Waals surface area contributed by atoms with Crippen LogP contribution in [-0.2, 0) is 7.05 Å². The first-order valence-electron chi connectivity index (χ1n) is 4.66. The number of hydrogen-bond donors (Lipinski definition) is 1. The van der Waals surface area contributed by atoms with E-state index in [2.05, 4.69) is 5.10 Å². The molecular formula is C9H13F3N2O2. The zero-order valence-corrected chi connectivity index (χ0v) is 8.95. The number of nitrogens with zero attached hydrogens (tertiary/aromatic N) is 2. The fourth-order valence-electron chi connectivity index (χ4n) is 1.40. The number of aliphatic hydroxyl groups excluding tert-OH is 1. The van der Waals surface area contributed by atoms with Crippen molar-refractivity contribution in [3.8, 4) is 5.75 Å². The molecule has 16 heavy (non-hydrogen) atoms. The van der Waals surface area contributed by atoms with Crippen LogP contribution in [0.2, 0.25) is 0 Å². The van der Waals surface area contributed by atoms with Gasteiger partial charge in [0.15, 0.2) is 5.75 Å². The van der Waals surface area contributed by atoms with Gasteiger partial charge in [0.05, 0.1) is 19.4 Å². The van der Waals surface area contributed by atoms with Crippen LogP contribution in [0.15, 0.2) is 6.20 Å². The van der Waals surface area contributed by atoms with Crippen LogP contribution in [0.1, 0.15) is 24.6 Å². The second-order valence-electron chi connectivity index (χ2n) is 3.39. The van der Waals surface area contributed by atoms with E-state index in [4.69, 9.17) is 4.74 Å². The monoisotopic (exact) mass is 238 g/mol. The van der Waals surface area contributed by atoms with Crippen LogP contribution in [0.3, 0.4) is 0 Å². The molecule has 1 atom stereocenters. The van der Waals surface area contributed by atoms with Gasteiger partial charge in [-0.1, -0.05) is 0 Å². The Bertz CT molecular complexity index is 349. The molecule has 92 valence electrons. The van der Waals surface area contributed by atoms with Crippen LogP contribution in [0.5, 0.6) is 5.75 Å². The maximum Gasteiger partial charge on any atom is 0.389 e. The number of rotatable bonds is 4. The number of ether oxygens (including phenoxy) is 1. The van der Waals surface area contributed by atoms with Crippen molar-refractivity contribution >= 4 is 0 Å². The van der Waals surface area contributed by atoms with Gasteiger partial charge in [-0.05, 0) is 6.42 Å². The van der Waals surface area contributed by atoms with E-state index in [-0.39, 0.29) is 11.4 Å². The van der Waals surface area contributed by atoms with E-state index in [9.17, 15) is 18.3 Å². The minimum atomic E-state index is -4.27. The van der Waals surface area contributed by atoms with E-state index in [1.807, 2.05) is 0 Å². The maximum absolute atomic E-state index is 12.0. The summed E-state index contributed by atoms with van der Waals surface area (Å²) in [7, 11) is 2.91. The fraction of sp³-hybridized carbons (Fsp3) is 0.667. The summed E-state index contributed by atoms with van der Waals surface area (Å²) in [5, 5.41) is 13.4. The smallest absolute Gasteiger partial charge is 0.389 e. The Hall–Kier alpha value is -1.24. The highest BCUT2D eigenvalue weighted by atomic mass is 19.4. The third-order valence-corrected chi connectivity index (χ3v) is 2.19. The second kappa shape index (κ2) is 4.73. The highest BCUT2D eigenvalue weighted by molar-refractivity contribution is 5.26. The molecule has 0 fully saturated rings. The van der Waals surface area contributed by atoms with Gasteiger partial charge in [0, 0.05) is 13.5 Å². The largest absolute Gasteiger partial charge is 0.493 e. The quantitative estimate of drug-likeness (QED) is 0.870. The average molecular weight is 238 g/mol. The maximum atomic E-state index is 12.0. The van der Waals surface area contributed by atoms with Gasteiger partial charge in [-0.2, -0.15) is 18.3 Å². The van der Waals surface area contributed by atoms with Crippen molar-refractivity contribution in [2.75, 3.05) is 7.11 Å². The fourth-order valence-corrected chi connectivity index (χ4v) is 1.40. The Labute approximate surface area is 90.6 Å². The van der Waals surface area contributed by atoms with Gasteiger partial charge in [0.1, 0.15) is 5.69 Å². The van der Waals surface area contributed by atoms with Gasteiger partial charge in [-0.15, -0.1) is 0 Å². The van der Waals surface area contributed by atoms with Crippen LogP contribution < -0.4 is 4.74 Å². The highest BCUT2D eigenvalue weighted by Crippen LogP contribution is 2.31. The summed E-state index contributed by atoms with van der Waals surface area (Å²) in [6.07, 6.45) is -5.59. The average Bonchev–Trinajstić information content (AvgIpc) is 2.55. The molecular weight excluding hydrogens is 225 g/mol. The summed E-state index contributed by atoms with van der Waals surface area (Å²) < 4.78 is 42.1. The van der Waals surface area contributed by atoms with E-state index < -0.39 is 25.1 Å². The van der Waals surface area contributed by atoms with Gasteiger partial charge in [0.25, 0.3) is 0 Å². The third kappa shape index (κ3) is 3.13. The molecule has 0 aliphatic carbocycles. The van der Waals surface area contributed by atoms with Crippen molar-refractivity contribution < 1.29 is 23.0 Å². The van der Waals surface area contributed by atoms with Crippen molar-refractivity contribution in [3.05, 3.63) is 11.9 Å². The van der Waals surface area contributed by atoms with E-state index >= 15 is 0 Å². The van der Waals surface area contributed by atoms with Gasteiger partial charge in [0.2, 0.25) is 0 Å². The third-order valence-electron chi connectivity index (χ3n) is 2.19. The molecule has 0 amide bonds. The molecule has 1 unspecified atom stereocenters. The Balaban J connectivity index is 2.72. The van der Waals surface area contributed by atoms with Gasteiger partial charge < -0.3 is 9.84 Å². The van der Waals surface area contributed by atoms with Crippen LogP contribution in [0.25, 0.3) is 0 Å². The van der Waals surface area contributed by atoms with E-state index in [1.54, 1.807) is 0 Å². The summed E-state index contributed by atoms with van der Waals surface area (Å²) >= 11 is 0. The molecule has 7 heteroatoms. The van der Waals surface area contributed by atoms with Gasteiger partial charge in [-0.3, -0.25) is 4.68 Å². The summed E-state index contributed by atoms with van der Waals surface area (Å²) in [4.78, 5) is 0. The SMILES string of the molecule is COc1cnn(C)c1C(O)CCC(F)(F)F. The lowest BCUT2D eigenvalue weighted by atomic mass is 10.1. The first-order valence-corrected chi connectivity index (χ1v) is 4.66. The zero-order chi connectivity index (χ0) is 12.3. The van der Waals surface area contributed by atoms with Crippen LogP contribution in [0, 0.1) is 0 Å². The summed E-state index contributed by atoms with van der Waals surface area (Å²) in [5.41, 5.74) is 0.256. The lowest BCUT2D eigenvalue weighted by Crippen LogP contribution is -2.12. The topological polar surface area (TPSA) is 47.3 Å². The Kier molecular flexibility index (Phi) is 3.79. The number of halogens is 3. The van der Waals surface area contributed by atoms with Crippen molar-refractivity contribution in [1.29, 1.82) is 0 Å². The molecule has 1 N–H and O–H groups in total. The molecule has 4 nitrogen and oxygen atoms in total. The minimum absolute atomic E-state index is 0.256. The standard InChI is InChI=1S/C9H13F3N2O2/c1-14-8(7(16-2)5-13-14)6(15)3-4-9(10,11)12/h5-6,15H,3-4H2,1-2H3. The van der Waals surface area contributed by atoms with Crippen LogP contribution in [-0.4, -0.2) is 28.2 Å². The normalized spacial score (nSPS) is 13.9. The number of aliphatic hydroxyl groups is 1. The number of aromatic nitrogens is 2. The molecule has 0 saturated carbocycles. The van der Waals surface area contributed by atoms with Crippen molar-refractivity contribution in [2.45, 2.75) is 25.1 Å². The lowest BCUT2D eigenvalue weighted by molar-refractivity contribution is -0.140. The Morgan fingerprint density at radius 2 is 2.19 bits per heavy atom. The predicted octanol–water partition coefficient (Wildman–Crippen LogP) is 1.80. The number of methoxy groups -OCH3 is 1. The molecule has 0 aliphatic rings. The number of alkyl halides is 3. The molecule has 0 aliphatic heterocycles. The van der Waals surface area contributed by atoms with Crippen molar-refractivity contribution in [1.82, 2.24) is 9.78 Å². The molecule has 0 spiro atoms. The van der Waals surface area contributed by atoms with Gasteiger partial charge in [-0.25, -0.2) is 0 Å². The highest BCUT2D eigenvalue weighted by Gasteiger charge is 2.29. The summed E-state index contributed by atoms with van der Waals surface area (Å²) in [5.74, 6) is 0.289. The van der Waals surface area contributed by atoms with Crippen LogP contribution >= 0.6 is 0 Å².